The number of hydrogen-bond acceptors (Lipinski definition) is 5. The summed E-state index contributed by atoms with van der Waals surface area (Å²) in [5.41, 5.74) is 1.71. The minimum Gasteiger partial charge on any atom is -0.497 e. The number of amides is 2. The molecule has 1 aliphatic rings. The number of carbonyl (C=O) groups excluding carboxylic acids is 1. The van der Waals surface area contributed by atoms with Gasteiger partial charge in [-0.3, -0.25) is 4.90 Å². The van der Waals surface area contributed by atoms with E-state index < -0.39 is 0 Å². The van der Waals surface area contributed by atoms with Gasteiger partial charge in [-0.15, -0.1) is 0 Å². The van der Waals surface area contributed by atoms with Crippen LogP contribution in [0.3, 0.4) is 0 Å². The molecular formula is C28H33N3O4. The second-order valence-corrected chi connectivity index (χ2v) is 8.45. The third kappa shape index (κ3) is 7.73. The first-order valence-electron chi connectivity index (χ1n) is 12.0. The van der Waals surface area contributed by atoms with Crippen LogP contribution >= 0.6 is 0 Å². The number of anilines is 1. The molecule has 7 heteroatoms. The smallest absolute Gasteiger partial charge is 0.322 e. The highest BCUT2D eigenvalue weighted by Crippen LogP contribution is 2.23. The number of nitrogens with one attached hydrogen (secondary N) is 1. The van der Waals surface area contributed by atoms with E-state index in [4.69, 9.17) is 14.2 Å². The largest absolute Gasteiger partial charge is 0.497 e. The Hall–Kier alpha value is -3.55. The molecule has 0 radical (unpaired) electrons. The van der Waals surface area contributed by atoms with E-state index in [9.17, 15) is 4.79 Å². The van der Waals surface area contributed by atoms with Gasteiger partial charge in [0.1, 0.15) is 17.2 Å². The lowest BCUT2D eigenvalue weighted by molar-refractivity contribution is 0.0365. The first-order chi connectivity index (χ1) is 17.2. The number of morpholine rings is 1. The maximum atomic E-state index is 13.3. The molecule has 3 aromatic rings. The molecule has 1 heterocycles. The molecule has 0 aliphatic carbocycles. The van der Waals surface area contributed by atoms with Crippen LogP contribution in [0.25, 0.3) is 0 Å². The third-order valence-electron chi connectivity index (χ3n) is 5.87. The predicted octanol–water partition coefficient (Wildman–Crippen LogP) is 5.24. The van der Waals surface area contributed by atoms with Crippen molar-refractivity contribution in [3.63, 3.8) is 0 Å². The van der Waals surface area contributed by atoms with Crippen molar-refractivity contribution in [1.82, 2.24) is 9.80 Å². The second-order valence-electron chi connectivity index (χ2n) is 8.45. The van der Waals surface area contributed by atoms with E-state index in [0.29, 0.717) is 24.5 Å². The number of methoxy groups -OCH3 is 1. The van der Waals surface area contributed by atoms with Crippen molar-refractivity contribution in [3.8, 4) is 17.2 Å². The number of urea groups is 1. The number of nitrogens with zero attached hydrogens (tertiary/aromatic N) is 2. The standard InChI is InChI=1S/C28H33N3O4/c1-33-26-12-6-9-24(21-26)29-28(32)31(15-7-14-30-16-18-34-19-17-30)22-23-8-5-13-27(20-23)35-25-10-3-2-4-11-25/h2-6,8-13,20-21H,7,14-19,22H2,1H3,(H,29,32). The van der Waals surface area contributed by atoms with Gasteiger partial charge in [0.2, 0.25) is 0 Å². The summed E-state index contributed by atoms with van der Waals surface area (Å²) in [6, 6.07) is 24.8. The molecule has 0 bridgehead atoms. The molecule has 2 amide bonds. The second kappa shape index (κ2) is 12.8. The zero-order valence-electron chi connectivity index (χ0n) is 20.2. The molecule has 35 heavy (non-hydrogen) atoms. The van der Waals surface area contributed by atoms with E-state index in [1.54, 1.807) is 7.11 Å². The summed E-state index contributed by atoms with van der Waals surface area (Å²) >= 11 is 0. The first-order valence-corrected chi connectivity index (χ1v) is 12.0. The fourth-order valence-electron chi connectivity index (χ4n) is 4.02. The van der Waals surface area contributed by atoms with Gasteiger partial charge < -0.3 is 24.4 Å². The van der Waals surface area contributed by atoms with Gasteiger partial charge in [-0.1, -0.05) is 36.4 Å². The number of benzene rings is 3. The zero-order valence-corrected chi connectivity index (χ0v) is 20.2. The summed E-state index contributed by atoms with van der Waals surface area (Å²) in [6.45, 7) is 5.47. The highest BCUT2D eigenvalue weighted by Gasteiger charge is 2.17. The molecule has 0 atom stereocenters. The third-order valence-corrected chi connectivity index (χ3v) is 5.87. The number of rotatable bonds is 10. The molecule has 0 spiro atoms. The van der Waals surface area contributed by atoms with Gasteiger partial charge in [0.15, 0.2) is 0 Å². The van der Waals surface area contributed by atoms with Gasteiger partial charge in [-0.25, -0.2) is 4.79 Å². The summed E-state index contributed by atoms with van der Waals surface area (Å²) in [5.74, 6) is 2.23. The van der Waals surface area contributed by atoms with Crippen LogP contribution in [0.1, 0.15) is 12.0 Å². The van der Waals surface area contributed by atoms with Crippen LogP contribution in [0.2, 0.25) is 0 Å². The van der Waals surface area contributed by atoms with Crippen LogP contribution in [0.5, 0.6) is 17.2 Å². The van der Waals surface area contributed by atoms with Crippen LogP contribution in [-0.4, -0.2) is 62.3 Å². The predicted molar refractivity (Wildman–Crippen MR) is 137 cm³/mol. The number of para-hydroxylation sites is 1. The highest BCUT2D eigenvalue weighted by molar-refractivity contribution is 5.89. The molecule has 4 rings (SSSR count). The Balaban J connectivity index is 1.43. The van der Waals surface area contributed by atoms with Crippen LogP contribution in [0, 0.1) is 0 Å². The Morgan fingerprint density at radius 1 is 0.943 bits per heavy atom. The average molecular weight is 476 g/mol. The summed E-state index contributed by atoms with van der Waals surface area (Å²) in [5, 5.41) is 3.02. The maximum Gasteiger partial charge on any atom is 0.322 e. The van der Waals surface area contributed by atoms with Gasteiger partial charge in [-0.05, 0) is 48.4 Å². The Labute approximate surface area is 207 Å². The molecular weight excluding hydrogens is 442 g/mol. The van der Waals surface area contributed by atoms with Crippen LogP contribution in [-0.2, 0) is 11.3 Å². The van der Waals surface area contributed by atoms with E-state index >= 15 is 0 Å². The molecule has 1 fully saturated rings. The van der Waals surface area contributed by atoms with Crippen LogP contribution < -0.4 is 14.8 Å². The summed E-state index contributed by atoms with van der Waals surface area (Å²) < 4.78 is 16.7. The van der Waals surface area contributed by atoms with Crippen molar-refractivity contribution in [3.05, 3.63) is 84.4 Å². The van der Waals surface area contributed by atoms with E-state index in [-0.39, 0.29) is 6.03 Å². The molecule has 1 N–H and O–H groups in total. The van der Waals surface area contributed by atoms with Crippen molar-refractivity contribution in [2.45, 2.75) is 13.0 Å². The minimum atomic E-state index is -0.144. The van der Waals surface area contributed by atoms with Crippen molar-refractivity contribution in [1.29, 1.82) is 0 Å². The van der Waals surface area contributed by atoms with Gasteiger partial charge >= 0.3 is 6.03 Å². The van der Waals surface area contributed by atoms with Crippen LogP contribution in [0.4, 0.5) is 10.5 Å². The SMILES string of the molecule is COc1cccc(NC(=O)N(CCCN2CCOCC2)Cc2cccc(Oc3ccccc3)c2)c1. The van der Waals surface area contributed by atoms with Crippen LogP contribution in [0.15, 0.2) is 78.9 Å². The molecule has 184 valence electrons. The van der Waals surface area contributed by atoms with Gasteiger partial charge in [-0.2, -0.15) is 0 Å². The Morgan fingerprint density at radius 2 is 1.69 bits per heavy atom. The summed E-state index contributed by atoms with van der Waals surface area (Å²) in [6.07, 6.45) is 0.881. The Morgan fingerprint density at radius 3 is 2.49 bits per heavy atom. The van der Waals surface area contributed by atoms with Gasteiger partial charge in [0.25, 0.3) is 0 Å². The lowest BCUT2D eigenvalue weighted by atomic mass is 10.2. The number of hydrogen-bond donors (Lipinski definition) is 1. The van der Waals surface area contributed by atoms with E-state index in [0.717, 1.165) is 56.3 Å². The fourth-order valence-corrected chi connectivity index (χ4v) is 4.02. The lowest BCUT2D eigenvalue weighted by Gasteiger charge is -2.28. The Bertz CT molecular complexity index is 1070. The van der Waals surface area contributed by atoms with Crippen molar-refractivity contribution in [2.75, 3.05) is 51.8 Å². The summed E-state index contributed by atoms with van der Waals surface area (Å²) in [4.78, 5) is 17.5. The van der Waals surface area contributed by atoms with Crippen molar-refractivity contribution in [2.24, 2.45) is 0 Å². The fraction of sp³-hybridized carbons (Fsp3) is 0.321. The zero-order chi connectivity index (χ0) is 24.3. The van der Waals surface area contributed by atoms with Gasteiger partial charge in [0, 0.05) is 44.5 Å². The molecule has 0 unspecified atom stereocenters. The Kier molecular flexibility index (Phi) is 8.98. The van der Waals surface area contributed by atoms with E-state index in [1.807, 2.05) is 83.8 Å². The van der Waals surface area contributed by atoms with Crippen molar-refractivity contribution < 1.29 is 19.0 Å². The normalized spacial score (nSPS) is 13.7. The van der Waals surface area contributed by atoms with Gasteiger partial charge in [0.05, 0.1) is 20.3 Å². The number of carbonyl (C=O) groups is 1. The number of ether oxygens (including phenoxy) is 3. The first kappa shape index (κ1) is 24.6. The van der Waals surface area contributed by atoms with E-state index in [2.05, 4.69) is 10.2 Å². The molecule has 3 aromatic carbocycles. The molecule has 7 nitrogen and oxygen atoms in total. The molecule has 1 aliphatic heterocycles. The lowest BCUT2D eigenvalue weighted by Crippen LogP contribution is -2.40. The molecule has 1 saturated heterocycles. The quantitative estimate of drug-likeness (QED) is 0.434. The maximum absolute atomic E-state index is 13.3. The highest BCUT2D eigenvalue weighted by atomic mass is 16.5. The molecule has 0 aromatic heterocycles. The van der Waals surface area contributed by atoms with E-state index in [1.165, 1.54) is 0 Å². The van der Waals surface area contributed by atoms with Crippen molar-refractivity contribution >= 4 is 11.7 Å². The summed E-state index contributed by atoms with van der Waals surface area (Å²) in [7, 11) is 1.61. The minimum absolute atomic E-state index is 0.144. The molecule has 0 saturated carbocycles. The average Bonchev–Trinajstić information content (AvgIpc) is 2.89. The monoisotopic (exact) mass is 475 g/mol. The topological polar surface area (TPSA) is 63.3 Å².